The number of halogens is 3. The molecule has 0 aliphatic heterocycles. The molecule has 0 N–H and O–H groups in total. The Morgan fingerprint density at radius 2 is 1.93 bits per heavy atom. The van der Waals surface area contributed by atoms with Gasteiger partial charge in [0.2, 0.25) is 0 Å². The molecule has 2 nitrogen and oxygen atoms in total. The zero-order valence-corrected chi connectivity index (χ0v) is 10.7. The summed E-state index contributed by atoms with van der Waals surface area (Å²) in [5.74, 6) is -0.399. The van der Waals surface area contributed by atoms with Crippen LogP contribution in [0.1, 0.15) is 11.1 Å². The molecule has 0 saturated heterocycles. The van der Waals surface area contributed by atoms with E-state index in [1.54, 1.807) is 0 Å². The van der Waals surface area contributed by atoms with Crippen LogP contribution in [0.25, 0.3) is 0 Å². The minimum absolute atomic E-state index is 0. The summed E-state index contributed by atoms with van der Waals surface area (Å²) in [6.07, 6.45) is -4.43. The predicted molar refractivity (Wildman–Crippen MR) is 44.1 cm³/mol. The van der Waals surface area contributed by atoms with Crippen molar-refractivity contribution >= 4 is 11.1 Å². The predicted octanol–water partition coefficient (Wildman–Crippen LogP) is -0.911. The number of benzene rings is 1. The van der Waals surface area contributed by atoms with E-state index in [0.717, 1.165) is 12.1 Å². The van der Waals surface area contributed by atoms with Crippen molar-refractivity contribution in [1.82, 2.24) is 0 Å². The topological polar surface area (TPSA) is 40.1 Å². The molecule has 0 bridgehead atoms. The molecule has 1 unspecified atom stereocenters. The van der Waals surface area contributed by atoms with E-state index in [-0.39, 0.29) is 35.1 Å². The van der Waals surface area contributed by atoms with Gasteiger partial charge in [0.15, 0.2) is 0 Å². The maximum absolute atomic E-state index is 12.2. The first-order valence-electron chi connectivity index (χ1n) is 3.61. The van der Waals surface area contributed by atoms with Gasteiger partial charge in [0, 0.05) is 5.75 Å². The molecular weight excluding hydrogens is 240 g/mol. The first-order chi connectivity index (χ1) is 6.39. The third-order valence-corrected chi connectivity index (χ3v) is 2.11. The van der Waals surface area contributed by atoms with Crippen molar-refractivity contribution in [2.75, 3.05) is 0 Å². The van der Waals surface area contributed by atoms with E-state index in [9.17, 15) is 21.9 Å². The van der Waals surface area contributed by atoms with Gasteiger partial charge >= 0.3 is 35.7 Å². The van der Waals surface area contributed by atoms with Gasteiger partial charge in [0.05, 0.1) is 5.56 Å². The molecule has 78 valence electrons. The SMILES string of the molecule is O=S([O-])Cc1cccc(C(F)(F)F)c1.[Na+]. The van der Waals surface area contributed by atoms with E-state index in [2.05, 4.69) is 0 Å². The molecule has 1 atom stereocenters. The Hall–Kier alpha value is 0.120. The maximum atomic E-state index is 12.2. The van der Waals surface area contributed by atoms with Crippen molar-refractivity contribution in [1.29, 1.82) is 0 Å². The summed E-state index contributed by atoms with van der Waals surface area (Å²) in [5.41, 5.74) is -0.700. The average Bonchev–Trinajstić information content (AvgIpc) is 2.01. The Bertz CT molecular complexity index is 354. The molecule has 1 aromatic carbocycles. The van der Waals surface area contributed by atoms with E-state index in [4.69, 9.17) is 0 Å². The zero-order valence-electron chi connectivity index (χ0n) is 7.88. The van der Waals surface area contributed by atoms with Gasteiger partial charge in [-0.25, -0.2) is 0 Å². The van der Waals surface area contributed by atoms with Crippen LogP contribution in [-0.4, -0.2) is 8.76 Å². The second kappa shape index (κ2) is 6.00. The average molecular weight is 246 g/mol. The van der Waals surface area contributed by atoms with Crippen LogP contribution in [0.2, 0.25) is 0 Å². The van der Waals surface area contributed by atoms with Gasteiger partial charge in [-0.05, 0) is 11.6 Å². The van der Waals surface area contributed by atoms with Crippen LogP contribution in [0.5, 0.6) is 0 Å². The molecule has 0 heterocycles. The molecular formula is C8H6F3NaO2S. The van der Waals surface area contributed by atoms with Crippen molar-refractivity contribution in [2.45, 2.75) is 11.9 Å². The second-order valence-corrected chi connectivity index (χ2v) is 3.54. The fourth-order valence-electron chi connectivity index (χ4n) is 0.974. The third-order valence-electron chi connectivity index (χ3n) is 1.54. The molecule has 1 rings (SSSR count). The Labute approximate surface area is 109 Å². The molecule has 0 spiro atoms. The maximum Gasteiger partial charge on any atom is 1.00 e. The normalized spacial score (nSPS) is 13.1. The van der Waals surface area contributed by atoms with Crippen LogP contribution in [-0.2, 0) is 23.0 Å². The molecule has 0 aromatic heterocycles. The monoisotopic (exact) mass is 246 g/mol. The van der Waals surface area contributed by atoms with Crippen molar-refractivity contribution in [3.05, 3.63) is 35.4 Å². The Morgan fingerprint density at radius 3 is 2.40 bits per heavy atom. The van der Waals surface area contributed by atoms with E-state index in [0.29, 0.717) is 0 Å². The fraction of sp³-hybridized carbons (Fsp3) is 0.250. The first kappa shape index (κ1) is 15.1. The van der Waals surface area contributed by atoms with Gasteiger partial charge in [-0.1, -0.05) is 29.3 Å². The summed E-state index contributed by atoms with van der Waals surface area (Å²) in [5, 5.41) is 0. The van der Waals surface area contributed by atoms with E-state index in [1.807, 2.05) is 0 Å². The van der Waals surface area contributed by atoms with Gasteiger partial charge in [-0.3, -0.25) is 4.21 Å². The van der Waals surface area contributed by atoms with Crippen molar-refractivity contribution in [3.63, 3.8) is 0 Å². The number of rotatable bonds is 2. The van der Waals surface area contributed by atoms with Gasteiger partial charge < -0.3 is 4.55 Å². The van der Waals surface area contributed by atoms with E-state index < -0.39 is 28.6 Å². The summed E-state index contributed by atoms with van der Waals surface area (Å²) in [4.78, 5) is 0. The zero-order chi connectivity index (χ0) is 10.8. The molecule has 0 aliphatic rings. The van der Waals surface area contributed by atoms with Gasteiger partial charge in [-0.2, -0.15) is 13.2 Å². The van der Waals surface area contributed by atoms with Gasteiger partial charge in [-0.15, -0.1) is 0 Å². The molecule has 1 aromatic rings. The smallest absolute Gasteiger partial charge is 0.772 e. The molecule has 15 heavy (non-hydrogen) atoms. The Kier molecular flexibility index (Phi) is 6.05. The molecule has 0 amide bonds. The number of alkyl halides is 3. The largest absolute Gasteiger partial charge is 1.00 e. The molecule has 0 aliphatic carbocycles. The minimum Gasteiger partial charge on any atom is -0.772 e. The quantitative estimate of drug-likeness (QED) is 0.500. The summed E-state index contributed by atoms with van der Waals surface area (Å²) in [6.45, 7) is 0. The van der Waals surface area contributed by atoms with E-state index in [1.165, 1.54) is 12.1 Å². The Balaban J connectivity index is 0.00000196. The number of hydrogen-bond donors (Lipinski definition) is 0. The minimum atomic E-state index is -4.43. The fourth-order valence-corrected chi connectivity index (χ4v) is 1.43. The van der Waals surface area contributed by atoms with Crippen LogP contribution in [0, 0.1) is 0 Å². The standard InChI is InChI=1S/C8H7F3O2S.Na/c9-8(10,11)7-3-1-2-6(4-7)5-14(12)13;/h1-4H,5H2,(H,12,13);/q;+1/p-1. The molecule has 0 radical (unpaired) electrons. The third kappa shape index (κ3) is 5.12. The van der Waals surface area contributed by atoms with Crippen LogP contribution in [0.15, 0.2) is 24.3 Å². The summed E-state index contributed by atoms with van der Waals surface area (Å²) in [6, 6.07) is 4.25. The van der Waals surface area contributed by atoms with Crippen molar-refractivity contribution in [2.24, 2.45) is 0 Å². The molecule has 0 saturated carbocycles. The van der Waals surface area contributed by atoms with Crippen LogP contribution in [0.3, 0.4) is 0 Å². The van der Waals surface area contributed by atoms with Crippen molar-refractivity contribution < 1.29 is 51.5 Å². The number of hydrogen-bond acceptors (Lipinski definition) is 2. The van der Waals surface area contributed by atoms with Crippen LogP contribution in [0.4, 0.5) is 13.2 Å². The van der Waals surface area contributed by atoms with E-state index >= 15 is 0 Å². The Morgan fingerprint density at radius 1 is 1.33 bits per heavy atom. The second-order valence-electron chi connectivity index (χ2n) is 2.65. The molecule has 0 fully saturated rings. The summed E-state index contributed by atoms with van der Waals surface area (Å²) in [7, 11) is 0. The molecule has 7 heteroatoms. The first-order valence-corrected chi connectivity index (χ1v) is 4.86. The van der Waals surface area contributed by atoms with Crippen molar-refractivity contribution in [3.8, 4) is 0 Å². The van der Waals surface area contributed by atoms with Crippen LogP contribution < -0.4 is 29.6 Å². The van der Waals surface area contributed by atoms with Crippen LogP contribution >= 0.6 is 0 Å². The summed E-state index contributed by atoms with van der Waals surface area (Å²) < 4.78 is 57.0. The van der Waals surface area contributed by atoms with Gasteiger partial charge in [0.25, 0.3) is 0 Å². The summed E-state index contributed by atoms with van der Waals surface area (Å²) >= 11 is -2.37. The van der Waals surface area contributed by atoms with Gasteiger partial charge in [0.1, 0.15) is 0 Å².